The molecule has 0 atom stereocenters. The number of nitrogens with zero attached hydrogens (tertiary/aromatic N) is 3. The van der Waals surface area contributed by atoms with Crippen LogP contribution in [-0.2, 0) is 15.8 Å². The molecule has 0 spiro atoms. The van der Waals surface area contributed by atoms with Crippen LogP contribution in [0.25, 0.3) is 0 Å². The number of aliphatic carboxylic acids is 1. The van der Waals surface area contributed by atoms with Gasteiger partial charge >= 0.3 is 12.1 Å². The van der Waals surface area contributed by atoms with Gasteiger partial charge in [0, 0.05) is 25.7 Å². The van der Waals surface area contributed by atoms with E-state index in [1.165, 1.54) is 10.9 Å². The molecular formula is C13H16F3N3O3. The van der Waals surface area contributed by atoms with E-state index in [9.17, 15) is 22.8 Å². The van der Waals surface area contributed by atoms with Crippen molar-refractivity contribution >= 4 is 11.9 Å². The predicted octanol–water partition coefficient (Wildman–Crippen LogP) is 1.93. The zero-order valence-corrected chi connectivity index (χ0v) is 11.7. The number of carbonyl (C=O) groups is 2. The first-order chi connectivity index (χ1) is 10.3. The molecule has 0 unspecified atom stereocenters. The summed E-state index contributed by atoms with van der Waals surface area (Å²) >= 11 is 0. The molecule has 1 aromatic heterocycles. The highest BCUT2D eigenvalue weighted by atomic mass is 19.4. The number of piperidine rings is 1. The Morgan fingerprint density at radius 2 is 1.91 bits per heavy atom. The van der Waals surface area contributed by atoms with Crippen molar-refractivity contribution in [3.63, 3.8) is 0 Å². The topological polar surface area (TPSA) is 75.4 Å². The fourth-order valence-corrected chi connectivity index (χ4v) is 2.44. The lowest BCUT2D eigenvalue weighted by atomic mass is 10.0. The summed E-state index contributed by atoms with van der Waals surface area (Å²) < 4.78 is 38.8. The lowest BCUT2D eigenvalue weighted by Gasteiger charge is -2.32. The third-order valence-electron chi connectivity index (χ3n) is 3.64. The maximum absolute atomic E-state index is 12.5. The van der Waals surface area contributed by atoms with Gasteiger partial charge in [0.2, 0.25) is 5.91 Å². The van der Waals surface area contributed by atoms with Crippen molar-refractivity contribution in [2.75, 3.05) is 13.1 Å². The third kappa shape index (κ3) is 3.99. The number of hydrogen-bond donors (Lipinski definition) is 1. The molecule has 122 valence electrons. The SMILES string of the molecule is O=C(O)CCC(=O)N1CCC(n2ccc(C(F)(F)F)n2)CC1. The number of carbonyl (C=O) groups excluding carboxylic acids is 1. The molecular weight excluding hydrogens is 303 g/mol. The lowest BCUT2D eigenvalue weighted by Crippen LogP contribution is -2.39. The highest BCUT2D eigenvalue weighted by molar-refractivity contribution is 5.80. The Balaban J connectivity index is 1.88. The quantitative estimate of drug-likeness (QED) is 0.920. The molecule has 0 aromatic carbocycles. The summed E-state index contributed by atoms with van der Waals surface area (Å²) in [6, 6.07) is 0.754. The monoisotopic (exact) mass is 319 g/mol. The zero-order chi connectivity index (χ0) is 16.3. The Kier molecular flexibility index (Phi) is 4.72. The Hall–Kier alpha value is -2.06. The minimum atomic E-state index is -4.46. The first kappa shape index (κ1) is 16.3. The van der Waals surface area contributed by atoms with Gasteiger partial charge in [0.1, 0.15) is 0 Å². The van der Waals surface area contributed by atoms with Gasteiger partial charge in [-0.2, -0.15) is 18.3 Å². The van der Waals surface area contributed by atoms with E-state index in [1.54, 1.807) is 4.90 Å². The number of likely N-dealkylation sites (tertiary alicyclic amines) is 1. The highest BCUT2D eigenvalue weighted by Crippen LogP contribution is 2.29. The molecule has 0 radical (unpaired) electrons. The fraction of sp³-hybridized carbons (Fsp3) is 0.615. The average molecular weight is 319 g/mol. The maximum atomic E-state index is 12.5. The van der Waals surface area contributed by atoms with E-state index in [0.29, 0.717) is 25.9 Å². The van der Waals surface area contributed by atoms with E-state index in [1.807, 2.05) is 0 Å². The van der Waals surface area contributed by atoms with Gasteiger partial charge in [-0.05, 0) is 18.9 Å². The number of carboxylic acids is 1. The molecule has 1 aliphatic rings. The molecule has 1 fully saturated rings. The van der Waals surface area contributed by atoms with E-state index in [2.05, 4.69) is 5.10 Å². The maximum Gasteiger partial charge on any atom is 0.435 e. The number of hydrogen-bond acceptors (Lipinski definition) is 3. The second-order valence-corrected chi connectivity index (χ2v) is 5.18. The molecule has 22 heavy (non-hydrogen) atoms. The van der Waals surface area contributed by atoms with Crippen LogP contribution in [0.4, 0.5) is 13.2 Å². The summed E-state index contributed by atoms with van der Waals surface area (Å²) in [5.41, 5.74) is -0.924. The van der Waals surface area contributed by atoms with Crippen LogP contribution in [-0.4, -0.2) is 44.8 Å². The molecule has 1 saturated heterocycles. The van der Waals surface area contributed by atoms with Crippen molar-refractivity contribution in [1.29, 1.82) is 0 Å². The van der Waals surface area contributed by atoms with Gasteiger partial charge in [0.15, 0.2) is 5.69 Å². The molecule has 1 aromatic rings. The zero-order valence-electron chi connectivity index (χ0n) is 11.7. The van der Waals surface area contributed by atoms with Gasteiger partial charge in [0.05, 0.1) is 12.5 Å². The lowest BCUT2D eigenvalue weighted by molar-refractivity contribution is -0.142. The molecule has 9 heteroatoms. The number of alkyl halides is 3. The summed E-state index contributed by atoms with van der Waals surface area (Å²) in [6.07, 6.45) is -2.43. The molecule has 0 aliphatic carbocycles. The second kappa shape index (κ2) is 6.37. The Morgan fingerprint density at radius 3 is 2.41 bits per heavy atom. The summed E-state index contributed by atoms with van der Waals surface area (Å²) in [4.78, 5) is 23.8. The van der Waals surface area contributed by atoms with Crippen LogP contribution in [0.1, 0.15) is 37.4 Å². The summed E-state index contributed by atoms with van der Waals surface area (Å²) in [7, 11) is 0. The van der Waals surface area contributed by atoms with Gasteiger partial charge in [-0.1, -0.05) is 0 Å². The van der Waals surface area contributed by atoms with E-state index in [-0.39, 0.29) is 24.8 Å². The largest absolute Gasteiger partial charge is 0.481 e. The number of amides is 1. The van der Waals surface area contributed by atoms with Crippen LogP contribution < -0.4 is 0 Å². The summed E-state index contributed by atoms with van der Waals surface area (Å²) in [6.45, 7) is 0.786. The minimum absolute atomic E-state index is 0.0556. The molecule has 1 aliphatic heterocycles. The molecule has 2 rings (SSSR count). The molecule has 1 N–H and O–H groups in total. The third-order valence-corrected chi connectivity index (χ3v) is 3.64. The van der Waals surface area contributed by atoms with Crippen molar-refractivity contribution in [3.05, 3.63) is 18.0 Å². The van der Waals surface area contributed by atoms with Crippen LogP contribution in [0.2, 0.25) is 0 Å². The summed E-state index contributed by atoms with van der Waals surface area (Å²) in [5.74, 6) is -1.27. The number of rotatable bonds is 4. The Bertz CT molecular complexity index is 548. The van der Waals surface area contributed by atoms with Crippen LogP contribution >= 0.6 is 0 Å². The van der Waals surface area contributed by atoms with Crippen LogP contribution in [0.15, 0.2) is 12.3 Å². The van der Waals surface area contributed by atoms with Gasteiger partial charge in [0.25, 0.3) is 0 Å². The first-order valence-corrected chi connectivity index (χ1v) is 6.89. The van der Waals surface area contributed by atoms with Crippen molar-refractivity contribution < 1.29 is 27.9 Å². The number of halogens is 3. The van der Waals surface area contributed by atoms with Gasteiger partial charge < -0.3 is 10.0 Å². The summed E-state index contributed by atoms with van der Waals surface area (Å²) in [5, 5.41) is 12.1. The van der Waals surface area contributed by atoms with E-state index < -0.39 is 17.8 Å². The standard InChI is InChI=1S/C13H16F3N3O3/c14-13(15,16)10-5-8-19(17-10)9-3-6-18(7-4-9)11(20)1-2-12(21)22/h5,8-9H,1-4,6-7H2,(H,21,22). The molecule has 6 nitrogen and oxygen atoms in total. The molecule has 2 heterocycles. The Morgan fingerprint density at radius 1 is 1.27 bits per heavy atom. The molecule has 0 bridgehead atoms. The minimum Gasteiger partial charge on any atom is -0.481 e. The van der Waals surface area contributed by atoms with Crippen molar-refractivity contribution in [2.45, 2.75) is 37.9 Å². The van der Waals surface area contributed by atoms with Crippen molar-refractivity contribution in [3.8, 4) is 0 Å². The van der Waals surface area contributed by atoms with Crippen LogP contribution in [0.3, 0.4) is 0 Å². The van der Waals surface area contributed by atoms with Gasteiger partial charge in [-0.25, -0.2) is 0 Å². The smallest absolute Gasteiger partial charge is 0.435 e. The predicted molar refractivity (Wildman–Crippen MR) is 68.9 cm³/mol. The molecule has 0 saturated carbocycles. The number of carboxylic acid groups (broad SMARTS) is 1. The Labute approximate surface area is 124 Å². The van der Waals surface area contributed by atoms with Crippen molar-refractivity contribution in [2.24, 2.45) is 0 Å². The van der Waals surface area contributed by atoms with Gasteiger partial charge in [-0.3, -0.25) is 14.3 Å². The molecule has 1 amide bonds. The highest BCUT2D eigenvalue weighted by Gasteiger charge is 2.34. The first-order valence-electron chi connectivity index (χ1n) is 6.89. The normalized spacial score (nSPS) is 16.8. The van der Waals surface area contributed by atoms with Crippen LogP contribution in [0, 0.1) is 0 Å². The van der Waals surface area contributed by atoms with E-state index in [0.717, 1.165) is 6.07 Å². The van der Waals surface area contributed by atoms with Crippen LogP contribution in [0.5, 0.6) is 0 Å². The van der Waals surface area contributed by atoms with Gasteiger partial charge in [-0.15, -0.1) is 0 Å². The second-order valence-electron chi connectivity index (χ2n) is 5.18. The van der Waals surface area contributed by atoms with Crippen molar-refractivity contribution in [1.82, 2.24) is 14.7 Å². The average Bonchev–Trinajstić information content (AvgIpc) is 2.94. The van der Waals surface area contributed by atoms with E-state index in [4.69, 9.17) is 5.11 Å². The number of aromatic nitrogens is 2. The fourth-order valence-electron chi connectivity index (χ4n) is 2.44. The van der Waals surface area contributed by atoms with E-state index >= 15 is 0 Å².